The molecule has 2 aromatic rings. The van der Waals surface area contributed by atoms with Gasteiger partial charge in [-0.15, -0.1) is 0 Å². The Kier molecular flexibility index (Phi) is 3.56. The van der Waals surface area contributed by atoms with Crippen LogP contribution in [0.25, 0.3) is 10.9 Å². The Morgan fingerprint density at radius 1 is 1.16 bits per heavy atom. The van der Waals surface area contributed by atoms with Gasteiger partial charge in [0.05, 0.1) is 18.2 Å². The highest BCUT2D eigenvalue weighted by molar-refractivity contribution is 5.81. The average molecular weight is 255 g/mol. The molecule has 0 amide bonds. The molecule has 0 bridgehead atoms. The molecule has 19 heavy (non-hydrogen) atoms. The first-order valence-corrected chi connectivity index (χ1v) is 6.79. The molecular weight excluding hydrogens is 238 g/mol. The highest BCUT2D eigenvalue weighted by Gasteiger charge is 2.19. The van der Waals surface area contributed by atoms with Crippen molar-refractivity contribution in [3.05, 3.63) is 42.1 Å². The summed E-state index contributed by atoms with van der Waals surface area (Å²) in [5.74, 6) is 0.370. The highest BCUT2D eigenvalue weighted by atomic mass is 16.5. The summed E-state index contributed by atoms with van der Waals surface area (Å²) in [5.41, 5.74) is 2.17. The number of nitrogens with zero attached hydrogens (tertiary/aromatic N) is 1. The number of benzene rings is 1. The van der Waals surface area contributed by atoms with E-state index >= 15 is 0 Å². The van der Waals surface area contributed by atoms with Crippen molar-refractivity contribution in [1.82, 2.24) is 4.98 Å². The summed E-state index contributed by atoms with van der Waals surface area (Å²) in [6.07, 6.45) is 5.11. The molecule has 3 nitrogen and oxygen atoms in total. The van der Waals surface area contributed by atoms with Crippen molar-refractivity contribution in [3.63, 3.8) is 0 Å². The minimum Gasteiger partial charge on any atom is -0.373 e. The Hall–Kier alpha value is -1.74. The Morgan fingerprint density at radius 3 is 2.79 bits per heavy atom. The van der Waals surface area contributed by atoms with E-state index < -0.39 is 0 Å². The molecule has 1 aliphatic rings. The van der Waals surface area contributed by atoms with Gasteiger partial charge in [-0.25, -0.2) is 0 Å². The van der Waals surface area contributed by atoms with Gasteiger partial charge in [-0.3, -0.25) is 9.78 Å². The second-order valence-electron chi connectivity index (χ2n) is 5.04. The highest BCUT2D eigenvalue weighted by Crippen LogP contribution is 2.22. The quantitative estimate of drug-likeness (QED) is 0.845. The molecule has 1 heterocycles. The lowest BCUT2D eigenvalue weighted by molar-refractivity contribution is -0.123. The van der Waals surface area contributed by atoms with Crippen molar-refractivity contribution in [2.24, 2.45) is 0 Å². The summed E-state index contributed by atoms with van der Waals surface area (Å²) < 4.78 is 5.95. The molecule has 0 N–H and O–H groups in total. The van der Waals surface area contributed by atoms with Crippen LogP contribution in [0.1, 0.15) is 31.2 Å². The summed E-state index contributed by atoms with van der Waals surface area (Å²) in [6.45, 7) is 0.599. The molecule has 1 saturated carbocycles. The van der Waals surface area contributed by atoms with Crippen LogP contribution >= 0.6 is 0 Å². The van der Waals surface area contributed by atoms with Crippen molar-refractivity contribution >= 4 is 16.7 Å². The normalized spacial score (nSPS) is 16.9. The standard InChI is InChI=1S/C16H17NO2/c18-13-5-7-14(8-6-13)19-11-12-9-10-17-16-4-2-1-3-15(12)16/h1-4,9-10,14H,5-8,11H2. The molecule has 3 rings (SSSR count). The smallest absolute Gasteiger partial charge is 0.133 e. The summed E-state index contributed by atoms with van der Waals surface area (Å²) in [5, 5.41) is 1.15. The van der Waals surface area contributed by atoms with E-state index in [9.17, 15) is 4.79 Å². The van der Waals surface area contributed by atoms with E-state index in [1.807, 2.05) is 30.5 Å². The minimum atomic E-state index is 0.227. The molecule has 98 valence electrons. The van der Waals surface area contributed by atoms with Crippen LogP contribution in [0.3, 0.4) is 0 Å². The molecule has 0 atom stereocenters. The molecule has 1 aromatic heterocycles. The maximum atomic E-state index is 11.2. The topological polar surface area (TPSA) is 39.2 Å². The molecule has 3 heteroatoms. The van der Waals surface area contributed by atoms with Crippen LogP contribution in [0.2, 0.25) is 0 Å². The maximum Gasteiger partial charge on any atom is 0.133 e. The Balaban J connectivity index is 1.70. The van der Waals surface area contributed by atoms with Crippen molar-refractivity contribution < 1.29 is 9.53 Å². The van der Waals surface area contributed by atoms with Crippen LogP contribution in [-0.4, -0.2) is 16.9 Å². The first-order chi connectivity index (χ1) is 9.33. The number of ether oxygens (including phenoxy) is 1. The van der Waals surface area contributed by atoms with Gasteiger partial charge >= 0.3 is 0 Å². The molecule has 1 aliphatic carbocycles. The zero-order valence-electron chi connectivity index (χ0n) is 10.8. The van der Waals surface area contributed by atoms with Crippen LogP contribution in [0.15, 0.2) is 36.5 Å². The monoisotopic (exact) mass is 255 g/mol. The van der Waals surface area contributed by atoms with Crippen LogP contribution in [0, 0.1) is 0 Å². The summed E-state index contributed by atoms with van der Waals surface area (Å²) in [4.78, 5) is 15.5. The third-order valence-electron chi connectivity index (χ3n) is 3.70. The second-order valence-corrected chi connectivity index (χ2v) is 5.04. The largest absolute Gasteiger partial charge is 0.373 e. The van der Waals surface area contributed by atoms with Gasteiger partial charge in [0.25, 0.3) is 0 Å². The molecule has 1 aromatic carbocycles. The first kappa shape index (κ1) is 12.3. The predicted molar refractivity (Wildman–Crippen MR) is 73.8 cm³/mol. The van der Waals surface area contributed by atoms with Gasteiger partial charge in [0, 0.05) is 24.4 Å². The summed E-state index contributed by atoms with van der Waals surface area (Å²) in [7, 11) is 0. The fourth-order valence-electron chi connectivity index (χ4n) is 2.57. The van der Waals surface area contributed by atoms with Crippen molar-refractivity contribution in [1.29, 1.82) is 0 Å². The van der Waals surface area contributed by atoms with Gasteiger partial charge in [-0.05, 0) is 30.5 Å². The zero-order valence-corrected chi connectivity index (χ0v) is 10.8. The molecule has 0 aliphatic heterocycles. The number of hydrogen-bond acceptors (Lipinski definition) is 3. The van der Waals surface area contributed by atoms with E-state index in [0.29, 0.717) is 25.2 Å². The minimum absolute atomic E-state index is 0.227. The predicted octanol–water partition coefficient (Wildman–Crippen LogP) is 3.26. The van der Waals surface area contributed by atoms with E-state index in [0.717, 1.165) is 23.7 Å². The van der Waals surface area contributed by atoms with Gasteiger partial charge in [0.1, 0.15) is 5.78 Å². The van der Waals surface area contributed by atoms with Crippen LogP contribution < -0.4 is 0 Å². The first-order valence-electron chi connectivity index (χ1n) is 6.79. The van der Waals surface area contributed by atoms with Crippen molar-refractivity contribution in [2.75, 3.05) is 0 Å². The average Bonchev–Trinajstić information content (AvgIpc) is 2.47. The number of ketones is 1. The van der Waals surface area contributed by atoms with Gasteiger partial charge < -0.3 is 4.74 Å². The SMILES string of the molecule is O=C1CCC(OCc2ccnc3ccccc23)CC1. The van der Waals surface area contributed by atoms with Gasteiger partial charge in [0.2, 0.25) is 0 Å². The van der Waals surface area contributed by atoms with Gasteiger partial charge in [-0.2, -0.15) is 0 Å². The van der Waals surface area contributed by atoms with Crippen molar-refractivity contribution in [2.45, 2.75) is 38.4 Å². The lowest BCUT2D eigenvalue weighted by atomic mass is 9.96. The number of hydrogen-bond donors (Lipinski definition) is 0. The Bertz CT molecular complexity index is 579. The maximum absolute atomic E-state index is 11.2. The molecule has 0 saturated heterocycles. The zero-order chi connectivity index (χ0) is 13.1. The molecule has 0 radical (unpaired) electrons. The number of rotatable bonds is 3. The van der Waals surface area contributed by atoms with Crippen LogP contribution in [0.5, 0.6) is 0 Å². The van der Waals surface area contributed by atoms with E-state index in [-0.39, 0.29) is 6.10 Å². The Morgan fingerprint density at radius 2 is 1.95 bits per heavy atom. The number of carbonyl (C=O) groups excluding carboxylic acids is 1. The third-order valence-corrected chi connectivity index (χ3v) is 3.70. The van der Waals surface area contributed by atoms with E-state index in [4.69, 9.17) is 4.74 Å². The lowest BCUT2D eigenvalue weighted by Gasteiger charge is -2.21. The number of fused-ring (bicyclic) bond motifs is 1. The molecule has 0 spiro atoms. The van der Waals surface area contributed by atoms with Crippen LogP contribution in [0.4, 0.5) is 0 Å². The van der Waals surface area contributed by atoms with Gasteiger partial charge in [0.15, 0.2) is 0 Å². The van der Waals surface area contributed by atoms with Gasteiger partial charge in [-0.1, -0.05) is 18.2 Å². The third kappa shape index (κ3) is 2.82. The number of para-hydroxylation sites is 1. The number of Topliss-reactive ketones (excluding diaryl/α,β-unsaturated/α-hetero) is 1. The molecule has 0 unspecified atom stereocenters. The fraction of sp³-hybridized carbons (Fsp3) is 0.375. The molecular formula is C16H17NO2. The van der Waals surface area contributed by atoms with E-state index in [2.05, 4.69) is 11.1 Å². The number of carbonyl (C=O) groups is 1. The fourth-order valence-corrected chi connectivity index (χ4v) is 2.57. The summed E-state index contributed by atoms with van der Waals surface area (Å²) in [6, 6.07) is 10.1. The van der Waals surface area contributed by atoms with E-state index in [1.165, 1.54) is 5.56 Å². The van der Waals surface area contributed by atoms with Crippen molar-refractivity contribution in [3.8, 4) is 0 Å². The molecule has 1 fully saturated rings. The van der Waals surface area contributed by atoms with Crippen LogP contribution in [-0.2, 0) is 16.1 Å². The number of pyridine rings is 1. The second kappa shape index (κ2) is 5.49. The summed E-state index contributed by atoms with van der Waals surface area (Å²) >= 11 is 0. The number of aromatic nitrogens is 1. The Labute approximate surface area is 112 Å². The van der Waals surface area contributed by atoms with E-state index in [1.54, 1.807) is 0 Å². The lowest BCUT2D eigenvalue weighted by Crippen LogP contribution is -2.21.